The average molecular weight is 232 g/mol. The van der Waals surface area contributed by atoms with Gasteiger partial charge in [0.05, 0.1) is 4.99 Å². The summed E-state index contributed by atoms with van der Waals surface area (Å²) < 4.78 is 0. The van der Waals surface area contributed by atoms with Crippen molar-refractivity contribution < 1.29 is 5.11 Å². The molecule has 0 aliphatic carbocycles. The number of unbranched alkanes of at least 4 members (excludes halogenated alkanes) is 2. The van der Waals surface area contributed by atoms with Crippen LogP contribution in [0.5, 0.6) is 0 Å². The third-order valence-corrected chi connectivity index (χ3v) is 2.87. The maximum atomic E-state index is 8.66. The molecule has 90 valence electrons. The lowest BCUT2D eigenvalue weighted by molar-refractivity contribution is 0.229. The molecule has 0 amide bonds. The van der Waals surface area contributed by atoms with Gasteiger partial charge in [-0.05, 0) is 39.3 Å². The van der Waals surface area contributed by atoms with Crippen LogP contribution in [0.3, 0.4) is 0 Å². The fraction of sp³-hybridized carbons (Fsp3) is 0.909. The van der Waals surface area contributed by atoms with E-state index in [4.69, 9.17) is 23.1 Å². The third kappa shape index (κ3) is 7.71. The Bertz CT molecular complexity index is 176. The minimum absolute atomic E-state index is 0.299. The van der Waals surface area contributed by atoms with Gasteiger partial charge in [-0.2, -0.15) is 0 Å². The van der Waals surface area contributed by atoms with Gasteiger partial charge in [-0.3, -0.25) is 0 Å². The number of hydrogen-bond donors (Lipinski definition) is 2. The van der Waals surface area contributed by atoms with Crippen molar-refractivity contribution in [1.29, 1.82) is 0 Å². The highest BCUT2D eigenvalue weighted by atomic mass is 32.1. The molecule has 0 radical (unpaired) electrons. The van der Waals surface area contributed by atoms with Gasteiger partial charge in [0.2, 0.25) is 0 Å². The zero-order valence-electron chi connectivity index (χ0n) is 9.91. The first-order chi connectivity index (χ1) is 7.11. The Balaban J connectivity index is 3.72. The number of nitrogens with two attached hydrogens (primary N) is 1. The summed E-state index contributed by atoms with van der Waals surface area (Å²) in [6.07, 6.45) is 5.01. The smallest absolute Gasteiger partial charge is 0.0743 e. The van der Waals surface area contributed by atoms with E-state index in [2.05, 4.69) is 18.9 Å². The van der Waals surface area contributed by atoms with Gasteiger partial charge in [0.15, 0.2) is 0 Å². The molecule has 1 unspecified atom stereocenters. The Hall–Kier alpha value is -0.190. The Kier molecular flexibility index (Phi) is 8.95. The maximum absolute atomic E-state index is 8.66. The van der Waals surface area contributed by atoms with Crippen LogP contribution in [0.4, 0.5) is 0 Å². The summed E-state index contributed by atoms with van der Waals surface area (Å²) in [4.78, 5) is 2.92. The molecule has 0 heterocycles. The molecule has 0 aromatic rings. The molecule has 0 aliphatic heterocycles. The SMILES string of the molecule is CCC(CC(N)=S)N(C)CCCCCO. The molecule has 0 spiro atoms. The lowest BCUT2D eigenvalue weighted by Gasteiger charge is -2.26. The van der Waals surface area contributed by atoms with Crippen molar-refractivity contribution in [2.75, 3.05) is 20.2 Å². The minimum atomic E-state index is 0.299. The number of aliphatic hydroxyl groups is 1. The highest BCUT2D eigenvalue weighted by molar-refractivity contribution is 7.80. The topological polar surface area (TPSA) is 49.5 Å². The van der Waals surface area contributed by atoms with Gasteiger partial charge in [-0.1, -0.05) is 19.1 Å². The predicted molar refractivity (Wildman–Crippen MR) is 69.0 cm³/mol. The van der Waals surface area contributed by atoms with Crippen LogP contribution in [0.1, 0.15) is 39.0 Å². The Morgan fingerprint density at radius 3 is 2.53 bits per heavy atom. The summed E-state index contributed by atoms with van der Waals surface area (Å²) >= 11 is 4.93. The molecule has 0 fully saturated rings. The third-order valence-electron chi connectivity index (χ3n) is 2.70. The van der Waals surface area contributed by atoms with Crippen LogP contribution in [0.2, 0.25) is 0 Å². The van der Waals surface area contributed by atoms with Crippen LogP contribution in [0.15, 0.2) is 0 Å². The molecule has 4 heteroatoms. The Morgan fingerprint density at radius 1 is 1.40 bits per heavy atom. The van der Waals surface area contributed by atoms with Gasteiger partial charge in [0.1, 0.15) is 0 Å². The second kappa shape index (κ2) is 9.07. The van der Waals surface area contributed by atoms with Crippen molar-refractivity contribution in [3.8, 4) is 0 Å². The van der Waals surface area contributed by atoms with Gasteiger partial charge in [-0.25, -0.2) is 0 Å². The number of thiocarbonyl (C=S) groups is 1. The number of hydrogen-bond acceptors (Lipinski definition) is 3. The normalized spacial score (nSPS) is 13.1. The highest BCUT2D eigenvalue weighted by Gasteiger charge is 2.12. The first kappa shape index (κ1) is 14.8. The highest BCUT2D eigenvalue weighted by Crippen LogP contribution is 2.08. The number of nitrogens with zero attached hydrogens (tertiary/aromatic N) is 1. The molecule has 0 saturated heterocycles. The fourth-order valence-electron chi connectivity index (χ4n) is 1.68. The summed E-state index contributed by atoms with van der Waals surface area (Å²) in [5.41, 5.74) is 5.55. The van der Waals surface area contributed by atoms with Gasteiger partial charge < -0.3 is 15.7 Å². The van der Waals surface area contributed by atoms with Crippen LogP contribution in [-0.4, -0.2) is 41.2 Å². The van der Waals surface area contributed by atoms with Crippen molar-refractivity contribution in [2.45, 2.75) is 45.1 Å². The molecule has 0 bridgehead atoms. The van der Waals surface area contributed by atoms with E-state index in [1.54, 1.807) is 0 Å². The Morgan fingerprint density at radius 2 is 2.07 bits per heavy atom. The zero-order chi connectivity index (χ0) is 11.7. The van der Waals surface area contributed by atoms with E-state index in [-0.39, 0.29) is 0 Å². The summed E-state index contributed by atoms with van der Waals surface area (Å²) in [5, 5.41) is 8.66. The molecular weight excluding hydrogens is 208 g/mol. The Labute approximate surface area is 98.6 Å². The van der Waals surface area contributed by atoms with E-state index >= 15 is 0 Å². The maximum Gasteiger partial charge on any atom is 0.0743 e. The summed E-state index contributed by atoms with van der Waals surface area (Å²) in [6, 6.07) is 0.469. The predicted octanol–water partition coefficient (Wildman–Crippen LogP) is 1.54. The molecule has 1 atom stereocenters. The monoisotopic (exact) mass is 232 g/mol. The number of aliphatic hydroxyl groups excluding tert-OH is 1. The molecule has 15 heavy (non-hydrogen) atoms. The standard InChI is InChI=1S/C11H24N2OS/c1-3-10(9-11(12)15)13(2)7-5-4-6-8-14/h10,14H,3-9H2,1-2H3,(H2,12,15). The van der Waals surface area contributed by atoms with Gasteiger partial charge in [0, 0.05) is 19.1 Å². The number of rotatable bonds is 9. The summed E-state index contributed by atoms with van der Waals surface area (Å²) in [6.45, 7) is 3.52. The quantitative estimate of drug-likeness (QED) is 0.468. The van der Waals surface area contributed by atoms with E-state index in [9.17, 15) is 0 Å². The van der Waals surface area contributed by atoms with Gasteiger partial charge >= 0.3 is 0 Å². The van der Waals surface area contributed by atoms with Crippen LogP contribution in [0, 0.1) is 0 Å². The first-order valence-electron chi connectivity index (χ1n) is 5.71. The van der Waals surface area contributed by atoms with E-state index in [1.807, 2.05) is 0 Å². The molecular formula is C11H24N2OS. The van der Waals surface area contributed by atoms with Crippen molar-refractivity contribution in [3.63, 3.8) is 0 Å². The van der Waals surface area contributed by atoms with E-state index in [0.717, 1.165) is 38.6 Å². The van der Waals surface area contributed by atoms with E-state index in [0.29, 0.717) is 17.6 Å². The molecule has 0 rings (SSSR count). The fourth-order valence-corrected chi connectivity index (χ4v) is 1.87. The van der Waals surface area contributed by atoms with E-state index < -0.39 is 0 Å². The molecule has 3 N–H and O–H groups in total. The molecule has 0 aromatic heterocycles. The largest absolute Gasteiger partial charge is 0.396 e. The van der Waals surface area contributed by atoms with E-state index in [1.165, 1.54) is 0 Å². The lowest BCUT2D eigenvalue weighted by Crippen LogP contribution is -2.35. The summed E-state index contributed by atoms with van der Waals surface area (Å²) in [5.74, 6) is 0. The van der Waals surface area contributed by atoms with Crippen LogP contribution in [-0.2, 0) is 0 Å². The molecule has 0 aliphatic rings. The van der Waals surface area contributed by atoms with Crippen molar-refractivity contribution in [3.05, 3.63) is 0 Å². The van der Waals surface area contributed by atoms with Gasteiger partial charge in [0.25, 0.3) is 0 Å². The van der Waals surface area contributed by atoms with Crippen LogP contribution >= 0.6 is 12.2 Å². The van der Waals surface area contributed by atoms with Crippen LogP contribution < -0.4 is 5.73 Å². The lowest BCUT2D eigenvalue weighted by atomic mass is 10.1. The minimum Gasteiger partial charge on any atom is -0.396 e. The van der Waals surface area contributed by atoms with Crippen molar-refractivity contribution >= 4 is 17.2 Å². The van der Waals surface area contributed by atoms with Gasteiger partial charge in [-0.15, -0.1) is 0 Å². The molecule has 0 saturated carbocycles. The van der Waals surface area contributed by atoms with Crippen molar-refractivity contribution in [2.24, 2.45) is 5.73 Å². The molecule has 0 aromatic carbocycles. The average Bonchev–Trinajstić information content (AvgIpc) is 2.20. The van der Waals surface area contributed by atoms with Crippen LogP contribution in [0.25, 0.3) is 0 Å². The second-order valence-corrected chi connectivity index (χ2v) is 4.52. The molecule has 3 nitrogen and oxygen atoms in total. The zero-order valence-corrected chi connectivity index (χ0v) is 10.7. The van der Waals surface area contributed by atoms with Crippen molar-refractivity contribution in [1.82, 2.24) is 4.90 Å². The second-order valence-electron chi connectivity index (χ2n) is 4.00. The summed E-state index contributed by atoms with van der Waals surface area (Å²) in [7, 11) is 2.12. The first-order valence-corrected chi connectivity index (χ1v) is 6.12.